The molecule has 0 fully saturated rings. The molecule has 1 rings (SSSR count). The lowest BCUT2D eigenvalue weighted by Crippen LogP contribution is -2.36. The summed E-state index contributed by atoms with van der Waals surface area (Å²) in [6.45, 7) is 16.4. The van der Waals surface area contributed by atoms with E-state index < -0.39 is 0 Å². The van der Waals surface area contributed by atoms with Crippen LogP contribution in [0.5, 0.6) is 0 Å². The Hall–Kier alpha value is -0.0500. The monoisotopic (exact) mass is 386 g/mol. The van der Waals surface area contributed by atoms with Gasteiger partial charge in [-0.05, 0) is 34.8 Å². The second kappa shape index (κ2) is 6.37. The zero-order valence-corrected chi connectivity index (χ0v) is 16.5. The van der Waals surface area contributed by atoms with Gasteiger partial charge in [-0.25, -0.2) is 0 Å². The molecule has 0 heterocycles. The first-order valence-corrected chi connectivity index (χ1v) is 8.86. The molecule has 1 aromatic carbocycles. The number of rotatable bonds is 6. The van der Waals surface area contributed by atoms with Gasteiger partial charge in [0, 0.05) is 3.42 Å². The second-order valence-corrected chi connectivity index (χ2v) is 10.8. The average Bonchev–Trinajstić information content (AvgIpc) is 2.27. The first kappa shape index (κ1) is 18.0. The smallest absolute Gasteiger partial charge is 0.0206 e. The molecule has 0 nitrogen and oxygen atoms in total. The average molecular weight is 386 g/mol. The molecular weight excluding hydrogens is 355 g/mol. The zero-order valence-electron chi connectivity index (χ0n) is 14.3. The van der Waals surface area contributed by atoms with Gasteiger partial charge in [-0.15, -0.1) is 0 Å². The molecule has 1 heteroatoms. The Bertz CT molecular complexity index is 418. The van der Waals surface area contributed by atoms with Crippen molar-refractivity contribution >= 4 is 22.6 Å². The standard InChI is InChI=1S/C19H31I/c1-8-13-17(2,3)19(6,7)16-11-9-15(10-12-16)14-18(4,5)20/h9-12H,8,13-14H2,1-7H3. The first-order valence-electron chi connectivity index (χ1n) is 7.78. The lowest BCUT2D eigenvalue weighted by atomic mass is 9.62. The summed E-state index contributed by atoms with van der Waals surface area (Å²) < 4.78 is 0.330. The molecule has 0 atom stereocenters. The molecule has 0 saturated carbocycles. The van der Waals surface area contributed by atoms with Crippen LogP contribution in [0.25, 0.3) is 0 Å². The Morgan fingerprint density at radius 2 is 1.40 bits per heavy atom. The summed E-state index contributed by atoms with van der Waals surface area (Å²) in [6, 6.07) is 9.32. The van der Waals surface area contributed by atoms with Crippen LogP contribution in [0.1, 0.15) is 72.4 Å². The van der Waals surface area contributed by atoms with Crippen molar-refractivity contribution in [2.24, 2.45) is 5.41 Å². The second-order valence-electron chi connectivity index (χ2n) is 7.85. The van der Waals surface area contributed by atoms with E-state index in [9.17, 15) is 0 Å². The van der Waals surface area contributed by atoms with Crippen LogP contribution in [-0.2, 0) is 11.8 Å². The summed E-state index contributed by atoms with van der Waals surface area (Å²) in [4.78, 5) is 0. The predicted octanol–water partition coefficient (Wildman–Crippen LogP) is 6.55. The fraction of sp³-hybridized carbons (Fsp3) is 0.684. The molecule has 0 N–H and O–H groups in total. The van der Waals surface area contributed by atoms with Crippen LogP contribution in [0.4, 0.5) is 0 Å². The molecule has 0 unspecified atom stereocenters. The molecule has 1 aromatic rings. The van der Waals surface area contributed by atoms with Gasteiger partial charge in [0.15, 0.2) is 0 Å². The van der Waals surface area contributed by atoms with Crippen molar-refractivity contribution in [2.45, 2.75) is 76.6 Å². The molecule has 0 aromatic heterocycles. The Morgan fingerprint density at radius 3 is 1.80 bits per heavy atom. The SMILES string of the molecule is CCCC(C)(C)C(C)(C)c1ccc(CC(C)(C)I)cc1. The summed E-state index contributed by atoms with van der Waals surface area (Å²) >= 11 is 2.53. The van der Waals surface area contributed by atoms with Crippen LogP contribution < -0.4 is 0 Å². The van der Waals surface area contributed by atoms with Gasteiger partial charge in [-0.1, -0.05) is 102 Å². The van der Waals surface area contributed by atoms with E-state index in [0.717, 1.165) is 6.42 Å². The highest BCUT2D eigenvalue weighted by Gasteiger charge is 2.37. The third kappa shape index (κ3) is 4.47. The van der Waals surface area contributed by atoms with Gasteiger partial charge in [0.25, 0.3) is 0 Å². The van der Waals surface area contributed by atoms with E-state index in [0.29, 0.717) is 8.84 Å². The van der Waals surface area contributed by atoms with Gasteiger partial charge < -0.3 is 0 Å². The third-order valence-corrected chi connectivity index (χ3v) is 5.25. The van der Waals surface area contributed by atoms with E-state index in [1.807, 2.05) is 0 Å². The summed E-state index contributed by atoms with van der Waals surface area (Å²) in [5.74, 6) is 0. The minimum atomic E-state index is 0.210. The van der Waals surface area contributed by atoms with Crippen LogP contribution in [0.2, 0.25) is 0 Å². The summed E-state index contributed by atoms with van der Waals surface area (Å²) in [7, 11) is 0. The normalized spacial score (nSPS) is 13.6. The van der Waals surface area contributed by atoms with Crippen molar-refractivity contribution in [1.82, 2.24) is 0 Å². The van der Waals surface area contributed by atoms with E-state index >= 15 is 0 Å². The van der Waals surface area contributed by atoms with Gasteiger partial charge in [0.2, 0.25) is 0 Å². The van der Waals surface area contributed by atoms with E-state index in [1.54, 1.807) is 0 Å². The van der Waals surface area contributed by atoms with Crippen molar-refractivity contribution in [3.05, 3.63) is 35.4 Å². The molecule has 0 saturated heterocycles. The van der Waals surface area contributed by atoms with E-state index in [4.69, 9.17) is 0 Å². The highest BCUT2D eigenvalue weighted by atomic mass is 127. The highest BCUT2D eigenvalue weighted by molar-refractivity contribution is 14.1. The van der Waals surface area contributed by atoms with Gasteiger partial charge in [0.1, 0.15) is 0 Å². The molecule has 0 aliphatic carbocycles. The molecule has 0 bridgehead atoms. The number of alkyl halides is 1. The molecule has 0 aliphatic rings. The Balaban J connectivity index is 2.98. The van der Waals surface area contributed by atoms with Crippen molar-refractivity contribution in [3.8, 4) is 0 Å². The van der Waals surface area contributed by atoms with Gasteiger partial charge in [0.05, 0.1) is 0 Å². The number of hydrogen-bond acceptors (Lipinski definition) is 0. The summed E-state index contributed by atoms with van der Waals surface area (Å²) in [5, 5.41) is 0. The Morgan fingerprint density at radius 1 is 0.900 bits per heavy atom. The van der Waals surface area contributed by atoms with Crippen LogP contribution in [0.15, 0.2) is 24.3 Å². The quantitative estimate of drug-likeness (QED) is 0.384. The summed E-state index contributed by atoms with van der Waals surface area (Å²) in [6.07, 6.45) is 3.65. The Kier molecular flexibility index (Phi) is 5.74. The van der Waals surface area contributed by atoms with Crippen molar-refractivity contribution in [3.63, 3.8) is 0 Å². The largest absolute Gasteiger partial charge is 0.0791 e. The van der Waals surface area contributed by atoms with Gasteiger partial charge in [-0.2, -0.15) is 0 Å². The van der Waals surface area contributed by atoms with Gasteiger partial charge in [-0.3, -0.25) is 0 Å². The molecular formula is C19H31I. The molecule has 114 valence electrons. The van der Waals surface area contributed by atoms with Crippen LogP contribution in [0.3, 0.4) is 0 Å². The maximum Gasteiger partial charge on any atom is 0.0206 e. The van der Waals surface area contributed by atoms with Crippen molar-refractivity contribution < 1.29 is 0 Å². The van der Waals surface area contributed by atoms with Crippen LogP contribution in [-0.4, -0.2) is 3.42 Å². The lowest BCUT2D eigenvalue weighted by Gasteiger charge is -2.42. The predicted molar refractivity (Wildman–Crippen MR) is 100.0 cm³/mol. The van der Waals surface area contributed by atoms with E-state index in [2.05, 4.69) is 95.3 Å². The number of halogens is 1. The van der Waals surface area contributed by atoms with Crippen molar-refractivity contribution in [1.29, 1.82) is 0 Å². The van der Waals surface area contributed by atoms with Crippen LogP contribution in [0, 0.1) is 5.41 Å². The molecule has 0 spiro atoms. The maximum absolute atomic E-state index is 2.53. The zero-order chi connectivity index (χ0) is 15.6. The van der Waals surface area contributed by atoms with Gasteiger partial charge >= 0.3 is 0 Å². The maximum atomic E-state index is 2.53. The summed E-state index contributed by atoms with van der Waals surface area (Å²) in [5.41, 5.74) is 3.44. The topological polar surface area (TPSA) is 0 Å². The molecule has 0 radical (unpaired) electrons. The highest BCUT2D eigenvalue weighted by Crippen LogP contribution is 2.44. The minimum Gasteiger partial charge on any atom is -0.0791 e. The fourth-order valence-corrected chi connectivity index (χ4v) is 3.29. The Labute approximate surface area is 139 Å². The van der Waals surface area contributed by atoms with Crippen molar-refractivity contribution in [2.75, 3.05) is 0 Å². The fourth-order valence-electron chi connectivity index (χ4n) is 2.85. The third-order valence-electron chi connectivity index (χ3n) is 4.87. The molecule has 0 amide bonds. The minimum absolute atomic E-state index is 0.210. The first-order chi connectivity index (χ1) is 8.99. The number of hydrogen-bond donors (Lipinski definition) is 0. The van der Waals surface area contributed by atoms with Crippen LogP contribution >= 0.6 is 22.6 Å². The lowest BCUT2D eigenvalue weighted by molar-refractivity contribution is 0.179. The van der Waals surface area contributed by atoms with E-state index in [-0.39, 0.29) is 5.41 Å². The molecule has 0 aliphatic heterocycles. The number of benzene rings is 1. The van der Waals surface area contributed by atoms with E-state index in [1.165, 1.54) is 24.0 Å². The molecule has 20 heavy (non-hydrogen) atoms.